The molecule has 5 nitrogen and oxygen atoms in total. The summed E-state index contributed by atoms with van der Waals surface area (Å²) in [5, 5.41) is -0.741. The zero-order valence-corrected chi connectivity index (χ0v) is 11.7. The van der Waals surface area contributed by atoms with Gasteiger partial charge in [0.2, 0.25) is 15.3 Å². The van der Waals surface area contributed by atoms with Crippen LogP contribution < -0.4 is 9.04 Å². The second kappa shape index (κ2) is 6.06. The molecule has 0 fully saturated rings. The number of anilines is 1. The number of benzene rings is 1. The largest absolute Gasteiger partial charge is 0.497 e. The first kappa shape index (κ1) is 14.8. The minimum atomic E-state index is -3.56. The number of ether oxygens (including phenoxy) is 1. The van der Waals surface area contributed by atoms with Crippen molar-refractivity contribution in [1.29, 1.82) is 0 Å². The minimum Gasteiger partial charge on any atom is -0.497 e. The molecule has 0 amide bonds. The van der Waals surface area contributed by atoms with Gasteiger partial charge in [-0.1, -0.05) is 6.07 Å². The summed E-state index contributed by atoms with van der Waals surface area (Å²) in [6.45, 7) is 1.10. The van der Waals surface area contributed by atoms with Gasteiger partial charge in [0.1, 0.15) is 12.3 Å². The maximum Gasteiger partial charge on any atom is 0.242 e. The van der Waals surface area contributed by atoms with Gasteiger partial charge in [0, 0.05) is 6.07 Å². The summed E-state index contributed by atoms with van der Waals surface area (Å²) in [4.78, 5) is 11.0. The number of hydrogen-bond donors (Lipinski definition) is 0. The van der Waals surface area contributed by atoms with Gasteiger partial charge in [-0.3, -0.25) is 9.10 Å². The predicted octanol–water partition coefficient (Wildman–Crippen LogP) is 1.62. The van der Waals surface area contributed by atoms with E-state index in [4.69, 9.17) is 16.3 Å². The molecule has 0 bridgehead atoms. The lowest BCUT2D eigenvalue weighted by Gasteiger charge is -2.22. The number of halogens is 1. The van der Waals surface area contributed by atoms with Gasteiger partial charge in [-0.15, -0.1) is 0 Å². The molecular formula is C11H14ClNO4S. The monoisotopic (exact) mass is 291 g/mol. The Hall–Kier alpha value is -1.27. The van der Waals surface area contributed by atoms with E-state index in [1.165, 1.54) is 20.1 Å². The SMILES string of the molecule is CCS(=O)(=O)N(CC(=O)Cl)c1cccc(OC)c1. The molecule has 1 aromatic carbocycles. The number of sulfonamides is 1. The molecule has 7 heteroatoms. The fourth-order valence-electron chi connectivity index (χ4n) is 1.38. The van der Waals surface area contributed by atoms with Crippen LogP contribution in [0.4, 0.5) is 5.69 Å². The maximum absolute atomic E-state index is 11.9. The molecule has 0 spiro atoms. The molecule has 0 saturated carbocycles. The van der Waals surface area contributed by atoms with Crippen LogP contribution in [-0.4, -0.2) is 33.1 Å². The van der Waals surface area contributed by atoms with Crippen LogP contribution in [0.25, 0.3) is 0 Å². The highest BCUT2D eigenvalue weighted by Gasteiger charge is 2.22. The van der Waals surface area contributed by atoms with Crippen molar-refractivity contribution in [2.24, 2.45) is 0 Å². The van der Waals surface area contributed by atoms with E-state index in [-0.39, 0.29) is 5.75 Å². The van der Waals surface area contributed by atoms with Crippen molar-refractivity contribution in [3.63, 3.8) is 0 Å². The molecule has 0 aliphatic heterocycles. The van der Waals surface area contributed by atoms with Crippen LogP contribution in [0.1, 0.15) is 6.92 Å². The van der Waals surface area contributed by atoms with Crippen molar-refractivity contribution in [3.05, 3.63) is 24.3 Å². The molecule has 0 unspecified atom stereocenters. The van der Waals surface area contributed by atoms with Crippen molar-refractivity contribution >= 4 is 32.6 Å². The Morgan fingerprint density at radius 2 is 2.11 bits per heavy atom. The Labute approximate surface area is 111 Å². The van der Waals surface area contributed by atoms with Crippen LogP contribution in [0.2, 0.25) is 0 Å². The van der Waals surface area contributed by atoms with Gasteiger partial charge in [0.15, 0.2) is 0 Å². The normalized spacial score (nSPS) is 11.1. The van der Waals surface area contributed by atoms with Crippen LogP contribution >= 0.6 is 11.6 Å². The second-order valence-corrected chi connectivity index (χ2v) is 6.07. The fourth-order valence-corrected chi connectivity index (χ4v) is 2.64. The quantitative estimate of drug-likeness (QED) is 0.747. The first-order chi connectivity index (χ1) is 8.40. The fraction of sp³-hybridized carbons (Fsp3) is 0.364. The highest BCUT2D eigenvalue weighted by Crippen LogP contribution is 2.23. The van der Waals surface area contributed by atoms with Gasteiger partial charge < -0.3 is 4.74 Å². The average Bonchev–Trinajstić information content (AvgIpc) is 2.35. The first-order valence-corrected chi connectivity index (χ1v) is 7.22. The summed E-state index contributed by atoms with van der Waals surface area (Å²) in [6, 6.07) is 6.44. The third kappa shape index (κ3) is 3.61. The maximum atomic E-state index is 11.9. The van der Waals surface area contributed by atoms with Crippen LogP contribution in [-0.2, 0) is 14.8 Å². The minimum absolute atomic E-state index is 0.117. The molecule has 0 aliphatic rings. The molecule has 100 valence electrons. The molecule has 1 aromatic rings. The van der Waals surface area contributed by atoms with Crippen LogP contribution in [0.3, 0.4) is 0 Å². The van der Waals surface area contributed by atoms with Crippen LogP contribution in [0.15, 0.2) is 24.3 Å². The van der Waals surface area contributed by atoms with Gasteiger partial charge in [-0.2, -0.15) is 0 Å². The van der Waals surface area contributed by atoms with Crippen molar-refractivity contribution in [1.82, 2.24) is 0 Å². The smallest absolute Gasteiger partial charge is 0.242 e. The molecule has 1 rings (SSSR count). The summed E-state index contributed by atoms with van der Waals surface area (Å²) >= 11 is 5.28. The molecule has 0 saturated heterocycles. The summed E-state index contributed by atoms with van der Waals surface area (Å²) in [7, 11) is -2.08. The van der Waals surface area contributed by atoms with Crippen LogP contribution in [0.5, 0.6) is 5.75 Å². The summed E-state index contributed by atoms with van der Waals surface area (Å²) in [6.07, 6.45) is 0. The molecule has 0 aromatic heterocycles. The Bertz CT molecular complexity index is 530. The average molecular weight is 292 g/mol. The highest BCUT2D eigenvalue weighted by atomic mass is 35.5. The standard InChI is InChI=1S/C11H14ClNO4S/c1-3-18(15,16)13(8-11(12)14)9-5-4-6-10(7-9)17-2/h4-7H,3,8H2,1-2H3. The van der Waals surface area contributed by atoms with E-state index in [9.17, 15) is 13.2 Å². The van der Waals surface area contributed by atoms with Gasteiger partial charge >= 0.3 is 0 Å². The molecule has 0 N–H and O–H groups in total. The zero-order chi connectivity index (χ0) is 13.8. The number of carbonyl (C=O) groups is 1. The number of hydrogen-bond acceptors (Lipinski definition) is 4. The predicted molar refractivity (Wildman–Crippen MR) is 70.7 cm³/mol. The van der Waals surface area contributed by atoms with Crippen molar-refractivity contribution < 1.29 is 17.9 Å². The van der Waals surface area contributed by atoms with E-state index in [0.717, 1.165) is 4.31 Å². The topological polar surface area (TPSA) is 63.7 Å². The van der Waals surface area contributed by atoms with Crippen molar-refractivity contribution in [2.45, 2.75) is 6.92 Å². The number of rotatable bonds is 6. The summed E-state index contributed by atoms with van der Waals surface area (Å²) in [5.74, 6) is 0.389. The van der Waals surface area contributed by atoms with Crippen LogP contribution in [0, 0.1) is 0 Å². The van der Waals surface area contributed by atoms with E-state index in [2.05, 4.69) is 0 Å². The Morgan fingerprint density at radius 3 is 2.61 bits per heavy atom. The van der Waals surface area contributed by atoms with E-state index in [1.54, 1.807) is 18.2 Å². The lowest BCUT2D eigenvalue weighted by molar-refractivity contribution is -0.110. The third-order valence-corrected chi connectivity index (χ3v) is 4.17. The first-order valence-electron chi connectivity index (χ1n) is 5.23. The molecule has 18 heavy (non-hydrogen) atoms. The molecular weight excluding hydrogens is 278 g/mol. The number of methoxy groups -OCH3 is 1. The molecule has 0 atom stereocenters. The summed E-state index contributed by atoms with van der Waals surface area (Å²) in [5.41, 5.74) is 0.352. The van der Waals surface area contributed by atoms with Gasteiger partial charge in [-0.05, 0) is 30.7 Å². The van der Waals surface area contributed by atoms with Gasteiger partial charge in [-0.25, -0.2) is 8.42 Å². The summed E-state index contributed by atoms with van der Waals surface area (Å²) < 4.78 is 29.8. The molecule has 0 heterocycles. The van der Waals surface area contributed by atoms with E-state index in [1.807, 2.05) is 0 Å². The van der Waals surface area contributed by atoms with Gasteiger partial charge in [0.25, 0.3) is 0 Å². The lowest BCUT2D eigenvalue weighted by Crippen LogP contribution is -2.35. The molecule has 0 aliphatic carbocycles. The Morgan fingerprint density at radius 1 is 1.44 bits per heavy atom. The zero-order valence-electron chi connectivity index (χ0n) is 10.1. The van der Waals surface area contributed by atoms with Crippen molar-refractivity contribution in [2.75, 3.05) is 23.7 Å². The Balaban J connectivity index is 3.21. The van der Waals surface area contributed by atoms with E-state index >= 15 is 0 Å². The Kier molecular flexibility index (Phi) is 4.98. The third-order valence-electron chi connectivity index (χ3n) is 2.31. The number of nitrogens with zero attached hydrogens (tertiary/aromatic N) is 1. The number of carbonyl (C=O) groups excluding carboxylic acids is 1. The lowest BCUT2D eigenvalue weighted by atomic mass is 10.3. The van der Waals surface area contributed by atoms with Gasteiger partial charge in [0.05, 0.1) is 18.6 Å². The van der Waals surface area contributed by atoms with E-state index in [0.29, 0.717) is 11.4 Å². The highest BCUT2D eigenvalue weighted by molar-refractivity contribution is 7.92. The van der Waals surface area contributed by atoms with E-state index < -0.39 is 21.8 Å². The molecule has 0 radical (unpaired) electrons. The van der Waals surface area contributed by atoms with Crippen molar-refractivity contribution in [3.8, 4) is 5.75 Å². The second-order valence-electron chi connectivity index (χ2n) is 3.46.